The van der Waals surface area contributed by atoms with Gasteiger partial charge in [0.25, 0.3) is 11.8 Å². The molecule has 0 aliphatic heterocycles. The second kappa shape index (κ2) is 7.43. The van der Waals surface area contributed by atoms with Crippen molar-refractivity contribution in [1.82, 2.24) is 30.0 Å². The fraction of sp³-hybridized carbons (Fsp3) is 0.105. The highest BCUT2D eigenvalue weighted by molar-refractivity contribution is 6.38. The first-order valence-electron chi connectivity index (χ1n) is 8.78. The molecular formula is C19H17N7O3. The number of aromatic amines is 2. The average Bonchev–Trinajstić information content (AvgIpc) is 3.45. The molecule has 10 heteroatoms. The van der Waals surface area contributed by atoms with Crippen molar-refractivity contribution in [1.29, 1.82) is 0 Å². The van der Waals surface area contributed by atoms with E-state index in [-0.39, 0.29) is 12.1 Å². The molecular weight excluding hydrogens is 374 g/mol. The summed E-state index contributed by atoms with van der Waals surface area (Å²) in [7, 11) is 0. The van der Waals surface area contributed by atoms with Crippen LogP contribution in [0, 0.1) is 0 Å². The molecule has 0 fully saturated rings. The lowest BCUT2D eigenvalue weighted by Crippen LogP contribution is -2.47. The van der Waals surface area contributed by atoms with Crippen LogP contribution in [0.3, 0.4) is 0 Å². The third-order valence-corrected chi connectivity index (χ3v) is 4.50. The largest absolute Gasteiger partial charge is 0.363 e. The Morgan fingerprint density at radius 2 is 2.00 bits per heavy atom. The standard InChI is InChI=1S/C19H17N7O3/c20-18(28)17(27)13(9-11-10-23-12-4-7-22-16(11)12)25-19(29)14-5-8-24-26(14)15-3-1-2-6-21-15/h1-8,10,13,22-23H,9H2,(H2,20,28)(H,25,29). The summed E-state index contributed by atoms with van der Waals surface area (Å²) in [6.07, 6.45) is 6.58. The van der Waals surface area contributed by atoms with Crippen LogP contribution in [-0.2, 0) is 16.0 Å². The zero-order valence-electron chi connectivity index (χ0n) is 15.1. The Morgan fingerprint density at radius 1 is 1.14 bits per heavy atom. The van der Waals surface area contributed by atoms with E-state index in [1.54, 1.807) is 36.8 Å². The number of hydrogen-bond donors (Lipinski definition) is 4. The molecule has 146 valence electrons. The number of carbonyl (C=O) groups excluding carboxylic acids is 3. The van der Waals surface area contributed by atoms with Crippen LogP contribution in [-0.4, -0.2) is 48.4 Å². The number of amides is 2. The second-order valence-electron chi connectivity index (χ2n) is 6.36. The van der Waals surface area contributed by atoms with Crippen molar-refractivity contribution in [2.24, 2.45) is 5.73 Å². The van der Waals surface area contributed by atoms with Crippen molar-refractivity contribution in [2.75, 3.05) is 0 Å². The quantitative estimate of drug-likeness (QED) is 0.338. The molecule has 0 aliphatic rings. The predicted molar refractivity (Wildman–Crippen MR) is 103 cm³/mol. The molecule has 0 radical (unpaired) electrons. The van der Waals surface area contributed by atoms with Crippen LogP contribution >= 0.6 is 0 Å². The van der Waals surface area contributed by atoms with E-state index >= 15 is 0 Å². The molecule has 0 bridgehead atoms. The van der Waals surface area contributed by atoms with E-state index in [9.17, 15) is 14.4 Å². The highest BCUT2D eigenvalue weighted by Crippen LogP contribution is 2.18. The minimum absolute atomic E-state index is 0.0890. The van der Waals surface area contributed by atoms with Gasteiger partial charge >= 0.3 is 0 Å². The molecule has 1 unspecified atom stereocenters. The van der Waals surface area contributed by atoms with Crippen LogP contribution in [0.4, 0.5) is 0 Å². The maximum atomic E-state index is 12.9. The summed E-state index contributed by atoms with van der Waals surface area (Å²) in [4.78, 5) is 47.0. The first-order valence-corrected chi connectivity index (χ1v) is 8.78. The minimum atomic E-state index is -1.13. The average molecular weight is 391 g/mol. The number of aromatic nitrogens is 5. The van der Waals surface area contributed by atoms with Crippen LogP contribution in [0.2, 0.25) is 0 Å². The summed E-state index contributed by atoms with van der Waals surface area (Å²) in [6.45, 7) is 0. The van der Waals surface area contributed by atoms with E-state index in [1.807, 2.05) is 6.07 Å². The predicted octanol–water partition coefficient (Wildman–Crippen LogP) is 0.472. The van der Waals surface area contributed by atoms with Crippen molar-refractivity contribution < 1.29 is 14.4 Å². The van der Waals surface area contributed by atoms with Crippen molar-refractivity contribution in [3.63, 3.8) is 0 Å². The number of pyridine rings is 1. The normalized spacial score (nSPS) is 12.0. The number of H-pyrrole nitrogens is 2. The van der Waals surface area contributed by atoms with E-state index in [0.29, 0.717) is 5.82 Å². The van der Waals surface area contributed by atoms with Gasteiger partial charge in [0.05, 0.1) is 17.2 Å². The van der Waals surface area contributed by atoms with Gasteiger partial charge in [0.15, 0.2) is 5.82 Å². The molecule has 0 aliphatic carbocycles. The molecule has 2 amide bonds. The lowest BCUT2D eigenvalue weighted by molar-refractivity contribution is -0.137. The first-order chi connectivity index (χ1) is 14.0. The molecule has 4 heterocycles. The van der Waals surface area contributed by atoms with Gasteiger partial charge in [-0.3, -0.25) is 14.4 Å². The first kappa shape index (κ1) is 18.2. The van der Waals surface area contributed by atoms with Crippen LogP contribution in [0.25, 0.3) is 16.9 Å². The lowest BCUT2D eigenvalue weighted by atomic mass is 10.0. The van der Waals surface area contributed by atoms with Crippen LogP contribution in [0.1, 0.15) is 16.1 Å². The Labute approximate surface area is 164 Å². The molecule has 4 rings (SSSR count). The van der Waals surface area contributed by atoms with Crippen molar-refractivity contribution in [3.8, 4) is 5.82 Å². The number of primary amides is 1. The van der Waals surface area contributed by atoms with Gasteiger partial charge < -0.3 is 21.0 Å². The fourth-order valence-corrected chi connectivity index (χ4v) is 3.12. The zero-order chi connectivity index (χ0) is 20.4. The van der Waals surface area contributed by atoms with Gasteiger partial charge in [-0.1, -0.05) is 6.07 Å². The monoisotopic (exact) mass is 391 g/mol. The van der Waals surface area contributed by atoms with E-state index in [0.717, 1.165) is 16.6 Å². The summed E-state index contributed by atoms with van der Waals surface area (Å²) in [5.74, 6) is -2.14. The molecule has 0 saturated heterocycles. The third kappa shape index (κ3) is 3.50. The Morgan fingerprint density at radius 3 is 2.76 bits per heavy atom. The minimum Gasteiger partial charge on any atom is -0.363 e. The lowest BCUT2D eigenvalue weighted by Gasteiger charge is -2.16. The van der Waals surface area contributed by atoms with Gasteiger partial charge in [-0.25, -0.2) is 9.67 Å². The number of nitrogens with zero attached hydrogens (tertiary/aromatic N) is 3. The summed E-state index contributed by atoms with van der Waals surface area (Å²) < 4.78 is 1.35. The zero-order valence-corrected chi connectivity index (χ0v) is 15.1. The SMILES string of the molecule is NC(=O)C(=O)C(Cc1c[nH]c2cc[nH]c12)NC(=O)c1ccnn1-c1ccccn1. The summed E-state index contributed by atoms with van der Waals surface area (Å²) in [6, 6.07) is 7.40. The maximum Gasteiger partial charge on any atom is 0.287 e. The van der Waals surface area contributed by atoms with E-state index in [4.69, 9.17) is 5.73 Å². The maximum absolute atomic E-state index is 12.9. The molecule has 0 aromatic carbocycles. The molecule has 4 aromatic heterocycles. The summed E-state index contributed by atoms with van der Waals surface area (Å²) >= 11 is 0. The van der Waals surface area contributed by atoms with Gasteiger partial charge in [0, 0.05) is 25.0 Å². The smallest absolute Gasteiger partial charge is 0.287 e. The number of rotatable bonds is 7. The molecule has 0 spiro atoms. The molecule has 10 nitrogen and oxygen atoms in total. The highest BCUT2D eigenvalue weighted by atomic mass is 16.2. The number of fused-ring (bicyclic) bond motifs is 1. The summed E-state index contributed by atoms with van der Waals surface area (Å²) in [5, 5.41) is 6.71. The number of nitrogens with two attached hydrogens (primary N) is 1. The fourth-order valence-electron chi connectivity index (χ4n) is 3.12. The van der Waals surface area contributed by atoms with Crippen LogP contribution in [0.5, 0.6) is 0 Å². The van der Waals surface area contributed by atoms with Gasteiger partial charge in [-0.2, -0.15) is 5.10 Å². The van der Waals surface area contributed by atoms with Gasteiger partial charge in [-0.05, 0) is 29.8 Å². The van der Waals surface area contributed by atoms with Gasteiger partial charge in [0.2, 0.25) is 5.78 Å². The Hall–Kier alpha value is -4.21. The Balaban J connectivity index is 1.61. The van der Waals surface area contributed by atoms with Gasteiger partial charge in [-0.15, -0.1) is 0 Å². The topological polar surface area (TPSA) is 152 Å². The van der Waals surface area contributed by atoms with Crippen LogP contribution < -0.4 is 11.1 Å². The Kier molecular flexibility index (Phi) is 4.65. The number of carbonyl (C=O) groups is 3. The summed E-state index contributed by atoms with van der Waals surface area (Å²) in [5.41, 5.74) is 7.74. The van der Waals surface area contributed by atoms with E-state index < -0.39 is 23.6 Å². The molecule has 0 saturated carbocycles. The Bertz CT molecular complexity index is 1190. The van der Waals surface area contributed by atoms with Crippen molar-refractivity contribution in [2.45, 2.75) is 12.5 Å². The van der Waals surface area contributed by atoms with E-state index in [2.05, 4.69) is 25.4 Å². The van der Waals surface area contributed by atoms with E-state index in [1.165, 1.54) is 16.9 Å². The second-order valence-corrected chi connectivity index (χ2v) is 6.36. The molecule has 29 heavy (non-hydrogen) atoms. The number of hydrogen-bond acceptors (Lipinski definition) is 5. The van der Waals surface area contributed by atoms with Gasteiger partial charge in [0.1, 0.15) is 11.7 Å². The number of Topliss-reactive ketones (excluding diaryl/α,β-unsaturated/α-hetero) is 1. The molecule has 4 aromatic rings. The third-order valence-electron chi connectivity index (χ3n) is 4.50. The van der Waals surface area contributed by atoms with Crippen molar-refractivity contribution in [3.05, 3.63) is 66.4 Å². The van der Waals surface area contributed by atoms with Crippen molar-refractivity contribution >= 4 is 28.6 Å². The van der Waals surface area contributed by atoms with Crippen LogP contribution in [0.15, 0.2) is 55.1 Å². The number of ketones is 1. The molecule has 5 N–H and O–H groups in total. The highest BCUT2D eigenvalue weighted by Gasteiger charge is 2.28. The number of nitrogens with one attached hydrogen (secondary N) is 3. The molecule has 1 atom stereocenters.